The van der Waals surface area contributed by atoms with Crippen LogP contribution < -0.4 is 4.72 Å². The summed E-state index contributed by atoms with van der Waals surface area (Å²) in [7, 11) is -3.88. The molecule has 0 aliphatic carbocycles. The first-order valence-electron chi connectivity index (χ1n) is 8.39. The largest absolute Gasteiger partial charge is 0.341 e. The first kappa shape index (κ1) is 18.5. The topological polar surface area (TPSA) is 95.2 Å². The Morgan fingerprint density at radius 2 is 2.23 bits per heavy atom. The van der Waals surface area contributed by atoms with Crippen molar-refractivity contribution < 1.29 is 17.6 Å². The van der Waals surface area contributed by atoms with E-state index in [2.05, 4.69) is 14.9 Å². The van der Waals surface area contributed by atoms with Crippen molar-refractivity contribution in [2.24, 2.45) is 0 Å². The molecule has 0 saturated carbocycles. The van der Waals surface area contributed by atoms with E-state index in [1.807, 2.05) is 6.07 Å². The molecule has 0 spiro atoms. The number of aryl methyl sites for hydroxylation is 1. The standard InChI is InChI=1S/C17H21FN4O3S/c1-12-9-14(18)4-5-16(12)26(24,25)20-10-17(23)22-8-2-3-13(11-22)15-6-7-19-21-15/h4-7,9,13,20H,2-3,8,10-11H2,1H3,(H,19,21)/t13-/m1/s1. The summed E-state index contributed by atoms with van der Waals surface area (Å²) in [6.07, 6.45) is 3.47. The number of sulfonamides is 1. The number of nitrogens with zero attached hydrogens (tertiary/aromatic N) is 2. The number of hydrogen-bond donors (Lipinski definition) is 2. The van der Waals surface area contributed by atoms with Crippen molar-refractivity contribution in [1.29, 1.82) is 0 Å². The Labute approximate surface area is 151 Å². The quantitative estimate of drug-likeness (QED) is 0.823. The third-order valence-electron chi connectivity index (χ3n) is 4.58. The molecule has 140 valence electrons. The number of piperidine rings is 1. The molecule has 0 radical (unpaired) electrons. The number of hydrogen-bond acceptors (Lipinski definition) is 4. The van der Waals surface area contributed by atoms with Crippen LogP contribution in [-0.2, 0) is 14.8 Å². The predicted molar refractivity (Wildman–Crippen MR) is 93.5 cm³/mol. The molecule has 1 fully saturated rings. The van der Waals surface area contributed by atoms with Crippen molar-refractivity contribution in [2.75, 3.05) is 19.6 Å². The van der Waals surface area contributed by atoms with E-state index in [0.717, 1.165) is 30.7 Å². The summed E-state index contributed by atoms with van der Waals surface area (Å²) in [5.74, 6) is -0.612. The van der Waals surface area contributed by atoms with Crippen LogP contribution in [0.1, 0.15) is 30.0 Å². The molecule has 2 aromatic rings. The zero-order valence-electron chi connectivity index (χ0n) is 14.4. The highest BCUT2D eigenvalue weighted by Gasteiger charge is 2.26. The van der Waals surface area contributed by atoms with Crippen LogP contribution >= 0.6 is 0 Å². The minimum atomic E-state index is -3.88. The van der Waals surface area contributed by atoms with Crippen molar-refractivity contribution >= 4 is 15.9 Å². The number of carbonyl (C=O) groups excluding carboxylic acids is 1. The lowest BCUT2D eigenvalue weighted by Crippen LogP contribution is -2.44. The number of carbonyl (C=O) groups is 1. The van der Waals surface area contributed by atoms with Crippen molar-refractivity contribution in [3.63, 3.8) is 0 Å². The molecule has 1 amide bonds. The lowest BCUT2D eigenvalue weighted by Gasteiger charge is -2.32. The Hall–Kier alpha value is -2.26. The third kappa shape index (κ3) is 4.10. The van der Waals surface area contributed by atoms with E-state index in [0.29, 0.717) is 18.7 Å². The van der Waals surface area contributed by atoms with E-state index >= 15 is 0 Å². The summed E-state index contributed by atoms with van der Waals surface area (Å²) in [6.45, 7) is 2.31. The number of aromatic nitrogens is 2. The van der Waals surface area contributed by atoms with Gasteiger partial charge in [-0.25, -0.2) is 17.5 Å². The number of H-pyrrole nitrogens is 1. The lowest BCUT2D eigenvalue weighted by molar-refractivity contribution is -0.131. The molecule has 1 atom stereocenters. The molecule has 1 aliphatic heterocycles. The van der Waals surface area contributed by atoms with Gasteiger partial charge in [0.25, 0.3) is 0 Å². The van der Waals surface area contributed by atoms with E-state index < -0.39 is 15.8 Å². The molecule has 1 saturated heterocycles. The van der Waals surface area contributed by atoms with Crippen LogP contribution in [0.2, 0.25) is 0 Å². The van der Waals surface area contributed by atoms with Gasteiger partial charge in [-0.1, -0.05) is 0 Å². The van der Waals surface area contributed by atoms with Crippen LogP contribution in [-0.4, -0.2) is 49.1 Å². The maximum atomic E-state index is 13.2. The maximum absolute atomic E-state index is 13.2. The molecule has 0 bridgehead atoms. The van der Waals surface area contributed by atoms with Gasteiger partial charge >= 0.3 is 0 Å². The Bertz CT molecular complexity index is 883. The molecule has 26 heavy (non-hydrogen) atoms. The fraction of sp³-hybridized carbons (Fsp3) is 0.412. The Balaban J connectivity index is 1.62. The molecule has 1 aliphatic rings. The van der Waals surface area contributed by atoms with E-state index in [9.17, 15) is 17.6 Å². The van der Waals surface area contributed by atoms with Crippen LogP contribution in [0.5, 0.6) is 0 Å². The van der Waals surface area contributed by atoms with Crippen LogP contribution in [0.25, 0.3) is 0 Å². The average Bonchev–Trinajstić information content (AvgIpc) is 3.14. The number of aromatic amines is 1. The molecule has 7 nitrogen and oxygen atoms in total. The smallest absolute Gasteiger partial charge is 0.241 e. The monoisotopic (exact) mass is 380 g/mol. The van der Waals surface area contributed by atoms with Crippen molar-refractivity contribution in [3.8, 4) is 0 Å². The van der Waals surface area contributed by atoms with E-state index in [1.54, 1.807) is 11.1 Å². The van der Waals surface area contributed by atoms with E-state index in [-0.39, 0.29) is 23.3 Å². The number of halogens is 1. The molecule has 9 heteroatoms. The highest BCUT2D eigenvalue weighted by atomic mass is 32.2. The fourth-order valence-corrected chi connectivity index (χ4v) is 4.41. The number of rotatable bonds is 5. The van der Waals surface area contributed by atoms with Gasteiger partial charge < -0.3 is 4.90 Å². The zero-order chi connectivity index (χ0) is 18.7. The molecule has 3 rings (SSSR count). The number of likely N-dealkylation sites (tertiary alicyclic amines) is 1. The van der Waals surface area contributed by atoms with Gasteiger partial charge in [0.1, 0.15) is 5.82 Å². The minimum Gasteiger partial charge on any atom is -0.341 e. The second-order valence-electron chi connectivity index (χ2n) is 6.43. The Kier molecular flexibility index (Phi) is 5.38. The maximum Gasteiger partial charge on any atom is 0.241 e. The van der Waals surface area contributed by atoms with E-state index in [1.165, 1.54) is 13.0 Å². The van der Waals surface area contributed by atoms with Crippen LogP contribution in [0.4, 0.5) is 4.39 Å². The Morgan fingerprint density at radius 1 is 1.42 bits per heavy atom. The minimum absolute atomic E-state index is 0.0271. The molecular weight excluding hydrogens is 359 g/mol. The van der Waals surface area contributed by atoms with Crippen LogP contribution in [0.15, 0.2) is 35.4 Å². The summed E-state index contributed by atoms with van der Waals surface area (Å²) >= 11 is 0. The predicted octanol–water partition coefficient (Wildman–Crippen LogP) is 1.54. The van der Waals surface area contributed by atoms with Gasteiger partial charge in [-0.15, -0.1) is 0 Å². The zero-order valence-corrected chi connectivity index (χ0v) is 15.2. The van der Waals surface area contributed by atoms with Gasteiger partial charge in [-0.05, 0) is 49.6 Å². The van der Waals surface area contributed by atoms with Crippen molar-refractivity contribution in [3.05, 3.63) is 47.5 Å². The van der Waals surface area contributed by atoms with Gasteiger partial charge in [-0.2, -0.15) is 5.10 Å². The highest BCUT2D eigenvalue weighted by Crippen LogP contribution is 2.25. The van der Waals surface area contributed by atoms with Gasteiger partial charge in [0.2, 0.25) is 15.9 Å². The summed E-state index contributed by atoms with van der Waals surface area (Å²) in [6, 6.07) is 5.32. The number of nitrogens with one attached hydrogen (secondary N) is 2. The molecule has 1 aromatic heterocycles. The summed E-state index contributed by atoms with van der Waals surface area (Å²) in [5, 5.41) is 6.86. The second-order valence-corrected chi connectivity index (χ2v) is 8.16. The van der Waals surface area contributed by atoms with Crippen LogP contribution in [0.3, 0.4) is 0 Å². The number of amides is 1. The third-order valence-corrected chi connectivity index (χ3v) is 6.14. The Morgan fingerprint density at radius 3 is 2.92 bits per heavy atom. The fourth-order valence-electron chi connectivity index (χ4n) is 3.21. The van der Waals surface area contributed by atoms with Gasteiger partial charge in [0.15, 0.2) is 0 Å². The van der Waals surface area contributed by atoms with Crippen LogP contribution in [0, 0.1) is 12.7 Å². The SMILES string of the molecule is Cc1cc(F)ccc1S(=O)(=O)NCC(=O)N1CCC[C@@H](c2ccn[nH]2)C1. The van der Waals surface area contributed by atoms with Gasteiger partial charge in [0.05, 0.1) is 11.4 Å². The number of benzene rings is 1. The molecular formula is C17H21FN4O3S. The highest BCUT2D eigenvalue weighted by molar-refractivity contribution is 7.89. The molecule has 2 heterocycles. The summed E-state index contributed by atoms with van der Waals surface area (Å²) in [5.41, 5.74) is 1.27. The second kappa shape index (κ2) is 7.55. The first-order chi connectivity index (χ1) is 12.4. The normalized spacial score (nSPS) is 18.1. The molecule has 2 N–H and O–H groups in total. The van der Waals surface area contributed by atoms with Gasteiger partial charge in [-0.3, -0.25) is 9.89 Å². The van der Waals surface area contributed by atoms with Gasteiger partial charge in [0, 0.05) is 30.9 Å². The van der Waals surface area contributed by atoms with Crippen molar-refractivity contribution in [2.45, 2.75) is 30.6 Å². The van der Waals surface area contributed by atoms with E-state index in [4.69, 9.17) is 0 Å². The lowest BCUT2D eigenvalue weighted by atomic mass is 9.95. The molecule has 0 unspecified atom stereocenters. The summed E-state index contributed by atoms with van der Waals surface area (Å²) in [4.78, 5) is 14.1. The summed E-state index contributed by atoms with van der Waals surface area (Å²) < 4.78 is 40.3. The first-order valence-corrected chi connectivity index (χ1v) is 9.88. The molecule has 1 aromatic carbocycles. The average molecular weight is 380 g/mol. The van der Waals surface area contributed by atoms with Crippen molar-refractivity contribution in [1.82, 2.24) is 19.8 Å².